The number of hydrogen-bond acceptors (Lipinski definition) is 3. The van der Waals surface area contributed by atoms with E-state index in [4.69, 9.17) is 5.26 Å². The predicted octanol–water partition coefficient (Wildman–Crippen LogP) is 1.64. The van der Waals surface area contributed by atoms with Crippen molar-refractivity contribution in [2.75, 3.05) is 14.1 Å². The standard InChI is InChI=1S/C9H9F3N2O/c1-14(2)6-7(5-13)3-4-8(15)9(10,11)12/h3-4,6H,1-2H3/b4-3+,7-6-. The number of rotatable bonds is 3. The molecule has 0 saturated carbocycles. The highest BCUT2D eigenvalue weighted by Gasteiger charge is 2.35. The summed E-state index contributed by atoms with van der Waals surface area (Å²) in [4.78, 5) is 11.9. The summed E-state index contributed by atoms with van der Waals surface area (Å²) in [5, 5.41) is 8.50. The largest absolute Gasteiger partial charge is 0.454 e. The maximum Gasteiger partial charge on any atom is 0.454 e. The average molecular weight is 218 g/mol. The van der Waals surface area contributed by atoms with Gasteiger partial charge in [0.05, 0.1) is 5.57 Å². The first kappa shape index (κ1) is 13.2. The van der Waals surface area contributed by atoms with E-state index in [1.807, 2.05) is 0 Å². The molecule has 6 heteroatoms. The smallest absolute Gasteiger partial charge is 0.382 e. The van der Waals surface area contributed by atoms with Gasteiger partial charge in [-0.05, 0) is 12.2 Å². The Kier molecular flexibility index (Phi) is 4.58. The zero-order valence-corrected chi connectivity index (χ0v) is 8.17. The molecule has 0 N–H and O–H groups in total. The van der Waals surface area contributed by atoms with Crippen molar-refractivity contribution < 1.29 is 18.0 Å². The number of allylic oxidation sites excluding steroid dienone is 3. The van der Waals surface area contributed by atoms with E-state index < -0.39 is 12.0 Å². The molecule has 3 nitrogen and oxygen atoms in total. The third-order valence-electron chi connectivity index (χ3n) is 1.22. The fourth-order valence-electron chi connectivity index (χ4n) is 0.647. The Morgan fingerprint density at radius 2 is 1.87 bits per heavy atom. The molecule has 0 heterocycles. The van der Waals surface area contributed by atoms with Crippen LogP contribution < -0.4 is 0 Å². The second-order valence-corrected chi connectivity index (χ2v) is 2.86. The topological polar surface area (TPSA) is 44.1 Å². The van der Waals surface area contributed by atoms with Crippen molar-refractivity contribution in [1.29, 1.82) is 5.26 Å². The lowest BCUT2D eigenvalue weighted by atomic mass is 10.2. The van der Waals surface area contributed by atoms with Crippen LogP contribution in [0, 0.1) is 11.3 Å². The molecule has 0 bridgehead atoms. The first-order valence-electron chi connectivity index (χ1n) is 3.85. The van der Waals surface area contributed by atoms with Crippen molar-refractivity contribution in [3.8, 4) is 6.07 Å². The van der Waals surface area contributed by atoms with Gasteiger partial charge >= 0.3 is 6.18 Å². The Morgan fingerprint density at radius 1 is 1.33 bits per heavy atom. The number of carbonyl (C=O) groups excluding carboxylic acids is 1. The molecule has 0 saturated heterocycles. The molecule has 0 aliphatic rings. The Hall–Kier alpha value is -1.77. The fourth-order valence-corrected chi connectivity index (χ4v) is 0.647. The first-order valence-corrected chi connectivity index (χ1v) is 3.85. The Bertz CT molecular complexity index is 334. The van der Waals surface area contributed by atoms with E-state index >= 15 is 0 Å². The first-order chi connectivity index (χ1) is 6.77. The van der Waals surface area contributed by atoms with Crippen LogP contribution in [0.15, 0.2) is 23.9 Å². The van der Waals surface area contributed by atoms with Crippen molar-refractivity contribution in [3.63, 3.8) is 0 Å². The Morgan fingerprint density at radius 3 is 2.20 bits per heavy atom. The number of halogens is 3. The van der Waals surface area contributed by atoms with Crippen LogP contribution in [0.25, 0.3) is 0 Å². The van der Waals surface area contributed by atoms with Gasteiger partial charge in [-0.15, -0.1) is 0 Å². The van der Waals surface area contributed by atoms with Gasteiger partial charge in [-0.1, -0.05) is 0 Å². The summed E-state index contributed by atoms with van der Waals surface area (Å²) >= 11 is 0. The maximum atomic E-state index is 11.8. The van der Waals surface area contributed by atoms with Crippen molar-refractivity contribution in [3.05, 3.63) is 23.9 Å². The number of ketones is 1. The highest BCUT2D eigenvalue weighted by Crippen LogP contribution is 2.16. The summed E-state index contributed by atoms with van der Waals surface area (Å²) in [7, 11) is 3.22. The lowest BCUT2D eigenvalue weighted by Crippen LogP contribution is -2.19. The molecule has 0 atom stereocenters. The monoisotopic (exact) mass is 218 g/mol. The molecule has 0 aliphatic heterocycles. The second-order valence-electron chi connectivity index (χ2n) is 2.86. The van der Waals surface area contributed by atoms with Gasteiger partial charge in [0.15, 0.2) is 0 Å². The summed E-state index contributed by atoms with van der Waals surface area (Å²) in [5.41, 5.74) is -0.0300. The SMILES string of the molecule is CN(C)/C=C(C#N)/C=C/C(=O)C(F)(F)F. The Balaban J connectivity index is 4.67. The molecule has 0 aromatic carbocycles. The molecular formula is C9H9F3N2O. The quantitative estimate of drug-likeness (QED) is 0.411. The molecule has 0 radical (unpaired) electrons. The second kappa shape index (κ2) is 5.20. The van der Waals surface area contributed by atoms with Crippen LogP contribution in [0.4, 0.5) is 13.2 Å². The van der Waals surface area contributed by atoms with Gasteiger partial charge in [0.1, 0.15) is 6.07 Å². The van der Waals surface area contributed by atoms with Crippen molar-refractivity contribution in [2.45, 2.75) is 6.18 Å². The molecule has 0 unspecified atom stereocenters. The molecule has 0 aliphatic carbocycles. The van der Waals surface area contributed by atoms with Crippen LogP contribution in [-0.2, 0) is 4.79 Å². The highest BCUT2D eigenvalue weighted by atomic mass is 19.4. The van der Waals surface area contributed by atoms with Crippen LogP contribution in [0.5, 0.6) is 0 Å². The zero-order valence-electron chi connectivity index (χ0n) is 8.17. The van der Waals surface area contributed by atoms with Gasteiger partial charge in [-0.2, -0.15) is 18.4 Å². The van der Waals surface area contributed by atoms with E-state index in [0.29, 0.717) is 6.08 Å². The van der Waals surface area contributed by atoms with Crippen LogP contribution in [-0.4, -0.2) is 31.0 Å². The van der Waals surface area contributed by atoms with Gasteiger partial charge in [-0.3, -0.25) is 4.79 Å². The lowest BCUT2D eigenvalue weighted by molar-refractivity contribution is -0.165. The van der Waals surface area contributed by atoms with E-state index in [9.17, 15) is 18.0 Å². The van der Waals surface area contributed by atoms with E-state index in [-0.39, 0.29) is 5.57 Å². The van der Waals surface area contributed by atoms with E-state index in [0.717, 1.165) is 6.08 Å². The minimum atomic E-state index is -4.89. The molecule has 0 aromatic rings. The maximum absolute atomic E-state index is 11.8. The average Bonchev–Trinajstić information content (AvgIpc) is 2.09. The van der Waals surface area contributed by atoms with E-state index in [2.05, 4.69) is 0 Å². The fraction of sp³-hybridized carbons (Fsp3) is 0.333. The minimum absolute atomic E-state index is 0.0300. The number of nitriles is 1. The van der Waals surface area contributed by atoms with Gasteiger partial charge in [-0.25, -0.2) is 0 Å². The molecular weight excluding hydrogens is 209 g/mol. The van der Waals surface area contributed by atoms with Crippen LogP contribution in [0.1, 0.15) is 0 Å². The third-order valence-corrected chi connectivity index (χ3v) is 1.22. The summed E-state index contributed by atoms with van der Waals surface area (Å²) in [6.07, 6.45) is -2.43. The van der Waals surface area contributed by atoms with Crippen molar-refractivity contribution in [1.82, 2.24) is 4.90 Å². The van der Waals surface area contributed by atoms with E-state index in [1.165, 1.54) is 11.1 Å². The molecule has 0 spiro atoms. The number of alkyl halides is 3. The zero-order chi connectivity index (χ0) is 12.1. The van der Waals surface area contributed by atoms with Crippen LogP contribution >= 0.6 is 0 Å². The summed E-state index contributed by atoms with van der Waals surface area (Å²) in [5.74, 6) is -1.98. The van der Waals surface area contributed by atoms with Gasteiger partial charge in [0.25, 0.3) is 5.78 Å². The normalized spacial score (nSPS) is 12.7. The molecule has 0 fully saturated rings. The molecule has 0 rings (SSSR count). The van der Waals surface area contributed by atoms with Crippen LogP contribution in [0.2, 0.25) is 0 Å². The number of carbonyl (C=O) groups is 1. The third kappa shape index (κ3) is 5.52. The minimum Gasteiger partial charge on any atom is -0.382 e. The summed E-state index contributed by atoms with van der Waals surface area (Å²) < 4.78 is 35.3. The van der Waals surface area contributed by atoms with Gasteiger partial charge in [0.2, 0.25) is 0 Å². The molecule has 82 valence electrons. The van der Waals surface area contributed by atoms with Crippen molar-refractivity contribution in [2.24, 2.45) is 0 Å². The van der Waals surface area contributed by atoms with Crippen LogP contribution in [0.3, 0.4) is 0 Å². The Labute approximate surface area is 85.1 Å². The molecule has 0 aromatic heterocycles. The summed E-state index contributed by atoms with van der Waals surface area (Å²) in [6, 6.07) is 1.65. The lowest BCUT2D eigenvalue weighted by Gasteiger charge is -2.03. The molecule has 0 amide bonds. The number of nitrogens with zero attached hydrogens (tertiary/aromatic N) is 2. The van der Waals surface area contributed by atoms with E-state index in [1.54, 1.807) is 20.2 Å². The summed E-state index contributed by atoms with van der Waals surface area (Å²) in [6.45, 7) is 0. The van der Waals surface area contributed by atoms with Crippen molar-refractivity contribution >= 4 is 5.78 Å². The van der Waals surface area contributed by atoms with Gasteiger partial charge in [0, 0.05) is 20.3 Å². The van der Waals surface area contributed by atoms with Gasteiger partial charge < -0.3 is 4.90 Å². The number of hydrogen-bond donors (Lipinski definition) is 0. The predicted molar refractivity (Wildman–Crippen MR) is 47.6 cm³/mol. The highest BCUT2D eigenvalue weighted by molar-refractivity contribution is 5.94. The molecule has 15 heavy (non-hydrogen) atoms.